The van der Waals surface area contributed by atoms with Crippen molar-refractivity contribution in [1.82, 2.24) is 10.3 Å². The number of hydrogen-bond donors (Lipinski definition) is 1. The molecule has 1 aromatic heterocycles. The van der Waals surface area contributed by atoms with E-state index in [-0.39, 0.29) is 5.91 Å². The average Bonchev–Trinajstić information content (AvgIpc) is 2.24. The topological polar surface area (TPSA) is 42.0 Å². The van der Waals surface area contributed by atoms with E-state index < -0.39 is 0 Å². The number of rotatable bonds is 5. The molecule has 0 spiro atoms. The molecule has 1 heterocycles. The molecule has 1 rings (SSSR count). The fraction of sp³-hybridized carbons (Fsp3) is 0.455. The number of unbranched alkanes of at least 4 members (excludes halogenated alkanes) is 2. The standard InChI is InChI=1S/C11H15ClN2O/c1-2-3-4-6-14-11(15)9-5-7-13-10(12)8-9/h5,7-8H,2-4,6H2,1H3,(H,14,15). The minimum Gasteiger partial charge on any atom is -0.352 e. The Balaban J connectivity index is 2.40. The molecule has 0 aliphatic heterocycles. The van der Waals surface area contributed by atoms with Gasteiger partial charge in [0.15, 0.2) is 0 Å². The summed E-state index contributed by atoms with van der Waals surface area (Å²) in [6.45, 7) is 2.84. The van der Waals surface area contributed by atoms with Gasteiger partial charge in [0.1, 0.15) is 5.15 Å². The van der Waals surface area contributed by atoms with Crippen LogP contribution in [0.4, 0.5) is 0 Å². The van der Waals surface area contributed by atoms with Gasteiger partial charge in [-0.05, 0) is 18.6 Å². The van der Waals surface area contributed by atoms with Crippen molar-refractivity contribution >= 4 is 17.5 Å². The van der Waals surface area contributed by atoms with Gasteiger partial charge < -0.3 is 5.32 Å². The van der Waals surface area contributed by atoms with Gasteiger partial charge in [0, 0.05) is 18.3 Å². The number of carbonyl (C=O) groups is 1. The van der Waals surface area contributed by atoms with Crippen LogP contribution in [-0.2, 0) is 0 Å². The van der Waals surface area contributed by atoms with Crippen molar-refractivity contribution < 1.29 is 4.79 Å². The van der Waals surface area contributed by atoms with Crippen molar-refractivity contribution in [3.8, 4) is 0 Å². The molecule has 0 saturated heterocycles. The lowest BCUT2D eigenvalue weighted by Gasteiger charge is -2.04. The predicted molar refractivity (Wildman–Crippen MR) is 61.1 cm³/mol. The van der Waals surface area contributed by atoms with Gasteiger partial charge in [-0.1, -0.05) is 31.4 Å². The smallest absolute Gasteiger partial charge is 0.251 e. The first-order chi connectivity index (χ1) is 7.24. The Labute approximate surface area is 94.9 Å². The summed E-state index contributed by atoms with van der Waals surface area (Å²) in [5, 5.41) is 3.18. The van der Waals surface area contributed by atoms with Crippen LogP contribution in [-0.4, -0.2) is 17.4 Å². The molecule has 0 fully saturated rings. The molecular formula is C11H15ClN2O. The minimum absolute atomic E-state index is 0.0876. The molecule has 1 amide bonds. The SMILES string of the molecule is CCCCCNC(=O)c1ccnc(Cl)c1. The molecule has 0 aliphatic carbocycles. The molecule has 0 aromatic carbocycles. The molecule has 4 heteroatoms. The van der Waals surface area contributed by atoms with E-state index >= 15 is 0 Å². The zero-order chi connectivity index (χ0) is 11.1. The van der Waals surface area contributed by atoms with Gasteiger partial charge in [0.05, 0.1) is 0 Å². The molecule has 0 aliphatic rings. The van der Waals surface area contributed by atoms with Gasteiger partial charge in [-0.25, -0.2) is 4.98 Å². The van der Waals surface area contributed by atoms with Crippen LogP contribution in [0, 0.1) is 0 Å². The Morgan fingerprint density at radius 1 is 1.53 bits per heavy atom. The summed E-state index contributed by atoms with van der Waals surface area (Å²) in [5.41, 5.74) is 0.562. The number of halogens is 1. The highest BCUT2D eigenvalue weighted by atomic mass is 35.5. The Morgan fingerprint density at radius 3 is 3.00 bits per heavy atom. The lowest BCUT2D eigenvalue weighted by Crippen LogP contribution is -2.24. The summed E-state index contributed by atoms with van der Waals surface area (Å²) in [5.74, 6) is -0.0876. The molecule has 0 saturated carbocycles. The number of pyridine rings is 1. The summed E-state index contributed by atoms with van der Waals surface area (Å²) >= 11 is 5.68. The molecular weight excluding hydrogens is 212 g/mol. The van der Waals surface area contributed by atoms with E-state index in [4.69, 9.17) is 11.6 Å². The first-order valence-electron chi connectivity index (χ1n) is 5.13. The molecule has 1 N–H and O–H groups in total. The maximum atomic E-state index is 11.6. The molecule has 0 bridgehead atoms. The van der Waals surface area contributed by atoms with E-state index in [1.54, 1.807) is 12.1 Å². The number of aromatic nitrogens is 1. The second kappa shape index (κ2) is 6.40. The van der Waals surface area contributed by atoms with E-state index in [0.29, 0.717) is 17.3 Å². The fourth-order valence-electron chi connectivity index (χ4n) is 1.22. The molecule has 0 radical (unpaired) electrons. The Hall–Kier alpha value is -1.09. The Morgan fingerprint density at radius 2 is 2.33 bits per heavy atom. The van der Waals surface area contributed by atoms with E-state index in [1.807, 2.05) is 0 Å². The van der Waals surface area contributed by atoms with E-state index in [9.17, 15) is 4.79 Å². The number of carbonyl (C=O) groups excluding carboxylic acids is 1. The van der Waals surface area contributed by atoms with Gasteiger partial charge >= 0.3 is 0 Å². The second-order valence-electron chi connectivity index (χ2n) is 3.33. The maximum Gasteiger partial charge on any atom is 0.251 e. The summed E-state index contributed by atoms with van der Waals surface area (Å²) in [4.78, 5) is 15.4. The number of nitrogens with zero attached hydrogens (tertiary/aromatic N) is 1. The molecule has 82 valence electrons. The summed E-state index contributed by atoms with van der Waals surface area (Å²) in [6.07, 6.45) is 4.83. The van der Waals surface area contributed by atoms with Gasteiger partial charge in [-0.15, -0.1) is 0 Å². The Kier molecular flexibility index (Phi) is 5.12. The first-order valence-corrected chi connectivity index (χ1v) is 5.51. The summed E-state index contributed by atoms with van der Waals surface area (Å²) < 4.78 is 0. The van der Waals surface area contributed by atoms with Crippen molar-refractivity contribution in [2.24, 2.45) is 0 Å². The van der Waals surface area contributed by atoms with Gasteiger partial charge in [0.2, 0.25) is 0 Å². The lowest BCUT2D eigenvalue weighted by molar-refractivity contribution is 0.0953. The highest BCUT2D eigenvalue weighted by Gasteiger charge is 2.04. The lowest BCUT2D eigenvalue weighted by atomic mass is 10.2. The van der Waals surface area contributed by atoms with Gasteiger partial charge in [-0.2, -0.15) is 0 Å². The van der Waals surface area contributed by atoms with Crippen molar-refractivity contribution in [2.45, 2.75) is 26.2 Å². The Bertz CT molecular complexity index is 328. The van der Waals surface area contributed by atoms with E-state index in [1.165, 1.54) is 6.20 Å². The fourth-order valence-corrected chi connectivity index (χ4v) is 1.40. The van der Waals surface area contributed by atoms with Crippen LogP contribution < -0.4 is 5.32 Å². The van der Waals surface area contributed by atoms with Crippen LogP contribution in [0.15, 0.2) is 18.3 Å². The molecule has 0 unspecified atom stereocenters. The van der Waals surface area contributed by atoms with Crippen LogP contribution in [0.5, 0.6) is 0 Å². The molecule has 0 atom stereocenters. The van der Waals surface area contributed by atoms with E-state index in [2.05, 4.69) is 17.2 Å². The van der Waals surface area contributed by atoms with Crippen molar-refractivity contribution in [1.29, 1.82) is 0 Å². The number of hydrogen-bond acceptors (Lipinski definition) is 2. The van der Waals surface area contributed by atoms with E-state index in [0.717, 1.165) is 19.3 Å². The van der Waals surface area contributed by atoms with Gasteiger partial charge in [-0.3, -0.25) is 4.79 Å². The van der Waals surface area contributed by atoms with Crippen molar-refractivity contribution in [3.63, 3.8) is 0 Å². The maximum absolute atomic E-state index is 11.6. The van der Waals surface area contributed by atoms with Crippen LogP contribution in [0.25, 0.3) is 0 Å². The van der Waals surface area contributed by atoms with Crippen molar-refractivity contribution in [3.05, 3.63) is 29.0 Å². The number of amides is 1. The summed E-state index contributed by atoms with van der Waals surface area (Å²) in [6, 6.07) is 3.22. The third kappa shape index (κ3) is 4.30. The van der Waals surface area contributed by atoms with Gasteiger partial charge in [0.25, 0.3) is 5.91 Å². The van der Waals surface area contributed by atoms with Crippen LogP contribution >= 0.6 is 11.6 Å². The zero-order valence-electron chi connectivity index (χ0n) is 8.79. The predicted octanol–water partition coefficient (Wildman–Crippen LogP) is 2.66. The average molecular weight is 227 g/mol. The normalized spacial score (nSPS) is 10.0. The minimum atomic E-state index is -0.0876. The zero-order valence-corrected chi connectivity index (χ0v) is 9.55. The monoisotopic (exact) mass is 226 g/mol. The van der Waals surface area contributed by atoms with Crippen LogP contribution in [0.2, 0.25) is 5.15 Å². The highest BCUT2D eigenvalue weighted by molar-refractivity contribution is 6.29. The first kappa shape index (κ1) is 12.0. The summed E-state index contributed by atoms with van der Waals surface area (Å²) in [7, 11) is 0. The van der Waals surface area contributed by atoms with Crippen LogP contribution in [0.1, 0.15) is 36.5 Å². The molecule has 3 nitrogen and oxygen atoms in total. The van der Waals surface area contributed by atoms with Crippen LogP contribution in [0.3, 0.4) is 0 Å². The third-order valence-corrected chi connectivity index (χ3v) is 2.26. The molecule has 1 aromatic rings. The number of nitrogens with one attached hydrogen (secondary N) is 1. The molecule has 15 heavy (non-hydrogen) atoms. The largest absolute Gasteiger partial charge is 0.352 e. The quantitative estimate of drug-likeness (QED) is 0.620. The second-order valence-corrected chi connectivity index (χ2v) is 3.72. The van der Waals surface area contributed by atoms with Crippen molar-refractivity contribution in [2.75, 3.05) is 6.54 Å². The third-order valence-electron chi connectivity index (χ3n) is 2.05. The highest BCUT2D eigenvalue weighted by Crippen LogP contribution is 2.06.